The van der Waals surface area contributed by atoms with Gasteiger partial charge >= 0.3 is 19.8 Å². The molecule has 10 nitrogen and oxygen atoms in total. The molecule has 1 amide bonds. The summed E-state index contributed by atoms with van der Waals surface area (Å²) < 4.78 is 38.4. The van der Waals surface area contributed by atoms with Gasteiger partial charge in [-0.05, 0) is 47.5 Å². The standard InChI is InChI=1S/C19H36NO9P/c1-8-12-26-30(24,27-13-25-18(23)19(5,6)7)29-15(9-2)17(22)20-11-10-16(21)28-14(3)4/h14-15H,8-13H2,1-7H3,(H,20,22)/t15-,30?/m1/s1. The quantitative estimate of drug-likeness (QED) is 0.239. The van der Waals surface area contributed by atoms with E-state index < -0.39 is 44.0 Å². The Morgan fingerprint density at radius 1 is 1.07 bits per heavy atom. The molecule has 0 aliphatic carbocycles. The van der Waals surface area contributed by atoms with Gasteiger partial charge in [0.05, 0.1) is 24.5 Å². The minimum absolute atomic E-state index is 0.0103. The first-order valence-corrected chi connectivity index (χ1v) is 11.5. The van der Waals surface area contributed by atoms with Crippen LogP contribution in [0.4, 0.5) is 0 Å². The fraction of sp³-hybridized carbons (Fsp3) is 0.842. The highest BCUT2D eigenvalue weighted by Gasteiger charge is 2.34. The van der Waals surface area contributed by atoms with E-state index in [1.165, 1.54) is 0 Å². The molecular weight excluding hydrogens is 417 g/mol. The van der Waals surface area contributed by atoms with Crippen molar-refractivity contribution in [3.8, 4) is 0 Å². The van der Waals surface area contributed by atoms with Gasteiger partial charge < -0.3 is 14.8 Å². The van der Waals surface area contributed by atoms with Crippen molar-refractivity contribution < 1.29 is 42.0 Å². The summed E-state index contributed by atoms with van der Waals surface area (Å²) in [5.41, 5.74) is -0.763. The van der Waals surface area contributed by atoms with Crippen LogP contribution >= 0.6 is 7.82 Å². The Labute approximate surface area is 178 Å². The van der Waals surface area contributed by atoms with Crippen molar-refractivity contribution in [2.75, 3.05) is 19.9 Å². The molecule has 0 aromatic rings. The van der Waals surface area contributed by atoms with Gasteiger partial charge in [0.2, 0.25) is 12.7 Å². The smallest absolute Gasteiger partial charge is 0.463 e. The molecule has 0 aromatic heterocycles. The van der Waals surface area contributed by atoms with Gasteiger partial charge in [0.15, 0.2) is 0 Å². The summed E-state index contributed by atoms with van der Waals surface area (Å²) >= 11 is 0. The fourth-order valence-corrected chi connectivity index (χ4v) is 3.19. The molecule has 2 atom stereocenters. The summed E-state index contributed by atoms with van der Waals surface area (Å²) in [6, 6.07) is 0. The molecule has 0 aliphatic heterocycles. The molecule has 1 N–H and O–H groups in total. The van der Waals surface area contributed by atoms with Crippen LogP contribution in [-0.2, 0) is 42.0 Å². The highest BCUT2D eigenvalue weighted by atomic mass is 31.2. The van der Waals surface area contributed by atoms with Crippen molar-refractivity contribution >= 4 is 25.7 Å². The van der Waals surface area contributed by atoms with E-state index in [-0.39, 0.29) is 32.1 Å². The molecule has 0 saturated heterocycles. The van der Waals surface area contributed by atoms with E-state index in [0.29, 0.717) is 6.42 Å². The number of carbonyl (C=O) groups is 3. The van der Waals surface area contributed by atoms with Crippen molar-refractivity contribution in [3.05, 3.63) is 0 Å². The minimum Gasteiger partial charge on any atom is -0.463 e. The maximum absolute atomic E-state index is 12.9. The van der Waals surface area contributed by atoms with Crippen LogP contribution in [0.3, 0.4) is 0 Å². The molecular formula is C19H36NO9P. The predicted octanol–water partition coefficient (Wildman–Crippen LogP) is 3.34. The van der Waals surface area contributed by atoms with E-state index in [2.05, 4.69) is 5.32 Å². The summed E-state index contributed by atoms with van der Waals surface area (Å²) in [6.45, 7) is 11.3. The maximum Gasteiger partial charge on any atom is 0.478 e. The Hall–Kier alpha value is -1.48. The number of hydrogen-bond acceptors (Lipinski definition) is 9. The first-order valence-electron chi connectivity index (χ1n) is 10.1. The SMILES string of the molecule is CCCOP(=O)(OCOC(=O)C(C)(C)C)O[C@H](CC)C(=O)NCCC(=O)OC(C)C. The summed E-state index contributed by atoms with van der Waals surface area (Å²) in [7, 11) is -4.17. The van der Waals surface area contributed by atoms with E-state index in [9.17, 15) is 18.9 Å². The first kappa shape index (κ1) is 28.5. The highest BCUT2D eigenvalue weighted by Crippen LogP contribution is 2.51. The van der Waals surface area contributed by atoms with E-state index >= 15 is 0 Å². The topological polar surface area (TPSA) is 126 Å². The van der Waals surface area contributed by atoms with Gasteiger partial charge in [-0.3, -0.25) is 23.4 Å². The third-order valence-corrected chi connectivity index (χ3v) is 4.81. The van der Waals surface area contributed by atoms with Gasteiger partial charge in [-0.2, -0.15) is 0 Å². The molecule has 11 heteroatoms. The second-order valence-corrected chi connectivity index (χ2v) is 9.41. The van der Waals surface area contributed by atoms with Gasteiger partial charge in [-0.1, -0.05) is 13.8 Å². The summed E-state index contributed by atoms with van der Waals surface area (Å²) in [5, 5.41) is 2.53. The predicted molar refractivity (Wildman–Crippen MR) is 109 cm³/mol. The van der Waals surface area contributed by atoms with Crippen LogP contribution in [0.25, 0.3) is 0 Å². The Balaban J connectivity index is 4.83. The zero-order chi connectivity index (χ0) is 23.4. The first-order chi connectivity index (χ1) is 13.8. The van der Waals surface area contributed by atoms with Gasteiger partial charge in [-0.15, -0.1) is 0 Å². The number of esters is 2. The Morgan fingerprint density at radius 3 is 2.20 bits per heavy atom. The van der Waals surface area contributed by atoms with Crippen molar-refractivity contribution in [1.82, 2.24) is 5.32 Å². The van der Waals surface area contributed by atoms with E-state index in [0.717, 1.165) is 0 Å². The summed E-state index contributed by atoms with van der Waals surface area (Å²) in [5.74, 6) is -1.58. The molecule has 0 spiro atoms. The Morgan fingerprint density at radius 2 is 1.70 bits per heavy atom. The van der Waals surface area contributed by atoms with E-state index in [1.54, 1.807) is 48.5 Å². The number of carbonyl (C=O) groups excluding carboxylic acids is 3. The van der Waals surface area contributed by atoms with Crippen molar-refractivity contribution in [3.63, 3.8) is 0 Å². The van der Waals surface area contributed by atoms with Crippen LogP contribution in [0, 0.1) is 5.41 Å². The maximum atomic E-state index is 12.9. The number of nitrogens with one attached hydrogen (secondary N) is 1. The number of ether oxygens (including phenoxy) is 2. The normalized spacial score (nSPS) is 14.7. The van der Waals surface area contributed by atoms with Crippen LogP contribution in [0.2, 0.25) is 0 Å². The Bertz CT molecular complexity index is 601. The second-order valence-electron chi connectivity index (χ2n) is 7.79. The average Bonchev–Trinajstić information content (AvgIpc) is 2.63. The monoisotopic (exact) mass is 453 g/mol. The van der Waals surface area contributed by atoms with E-state index in [4.69, 9.17) is 23.0 Å². The number of phosphoric acid groups is 1. The number of phosphoric ester groups is 1. The van der Waals surface area contributed by atoms with Crippen LogP contribution < -0.4 is 5.32 Å². The summed E-state index contributed by atoms with van der Waals surface area (Å²) in [4.78, 5) is 35.7. The molecule has 0 fully saturated rings. The van der Waals surface area contributed by atoms with Gasteiger partial charge in [0.25, 0.3) is 0 Å². The zero-order valence-electron chi connectivity index (χ0n) is 19.0. The van der Waals surface area contributed by atoms with Crippen molar-refractivity contribution in [1.29, 1.82) is 0 Å². The van der Waals surface area contributed by atoms with Gasteiger partial charge in [-0.25, -0.2) is 9.09 Å². The zero-order valence-corrected chi connectivity index (χ0v) is 19.9. The molecule has 0 rings (SSSR count). The third-order valence-electron chi connectivity index (χ3n) is 3.38. The lowest BCUT2D eigenvalue weighted by atomic mass is 9.98. The number of rotatable bonds is 14. The molecule has 0 heterocycles. The second kappa shape index (κ2) is 13.7. The van der Waals surface area contributed by atoms with Crippen LogP contribution in [0.5, 0.6) is 0 Å². The number of amides is 1. The lowest BCUT2D eigenvalue weighted by Crippen LogP contribution is -2.37. The van der Waals surface area contributed by atoms with Crippen molar-refractivity contribution in [2.45, 2.75) is 79.9 Å². The highest BCUT2D eigenvalue weighted by molar-refractivity contribution is 7.48. The van der Waals surface area contributed by atoms with Gasteiger partial charge in [0, 0.05) is 6.54 Å². The molecule has 1 unspecified atom stereocenters. The fourth-order valence-electron chi connectivity index (χ4n) is 1.85. The van der Waals surface area contributed by atoms with Crippen molar-refractivity contribution in [2.24, 2.45) is 5.41 Å². The molecule has 0 bridgehead atoms. The average molecular weight is 453 g/mol. The lowest BCUT2D eigenvalue weighted by molar-refractivity contribution is -0.161. The number of hydrogen-bond donors (Lipinski definition) is 1. The Kier molecular flexibility index (Phi) is 13.1. The molecule has 0 radical (unpaired) electrons. The molecule has 0 saturated carbocycles. The molecule has 176 valence electrons. The third kappa shape index (κ3) is 12.3. The largest absolute Gasteiger partial charge is 0.478 e. The summed E-state index contributed by atoms with van der Waals surface area (Å²) in [6.07, 6.45) is -0.700. The molecule has 30 heavy (non-hydrogen) atoms. The lowest BCUT2D eigenvalue weighted by Gasteiger charge is -2.23. The van der Waals surface area contributed by atoms with Crippen LogP contribution in [-0.4, -0.2) is 50.0 Å². The van der Waals surface area contributed by atoms with Crippen LogP contribution in [0.15, 0.2) is 0 Å². The van der Waals surface area contributed by atoms with Crippen LogP contribution in [0.1, 0.15) is 67.7 Å². The molecule has 0 aliphatic rings. The van der Waals surface area contributed by atoms with E-state index in [1.807, 2.05) is 0 Å². The van der Waals surface area contributed by atoms with Gasteiger partial charge in [0.1, 0.15) is 6.10 Å². The minimum atomic E-state index is -4.17. The molecule has 0 aromatic carbocycles.